The Kier molecular flexibility index (Phi) is 5.07. The Morgan fingerprint density at radius 3 is 2.74 bits per heavy atom. The maximum Gasteiger partial charge on any atom is 0.263 e. The minimum absolute atomic E-state index is 0.234. The number of nitrogens with zero attached hydrogens (tertiary/aromatic N) is 6. The van der Waals surface area contributed by atoms with Crippen molar-refractivity contribution >= 4 is 23.2 Å². The van der Waals surface area contributed by atoms with Crippen LogP contribution in [0.4, 0.5) is 0 Å². The minimum atomic E-state index is 0.234. The second-order valence-electron chi connectivity index (χ2n) is 6.31. The van der Waals surface area contributed by atoms with Crippen LogP contribution in [0.2, 0.25) is 10.0 Å². The fourth-order valence-corrected chi connectivity index (χ4v) is 3.27. The van der Waals surface area contributed by atoms with Gasteiger partial charge in [-0.3, -0.25) is 4.57 Å². The minimum Gasteiger partial charge on any atom is -0.437 e. The van der Waals surface area contributed by atoms with Crippen molar-refractivity contribution in [3.05, 3.63) is 83.5 Å². The van der Waals surface area contributed by atoms with E-state index in [-0.39, 0.29) is 11.8 Å². The zero-order valence-electron chi connectivity index (χ0n) is 15.7. The second kappa shape index (κ2) is 8.17. The van der Waals surface area contributed by atoms with Crippen LogP contribution in [0.15, 0.2) is 78.0 Å². The van der Waals surface area contributed by atoms with Crippen LogP contribution in [0.3, 0.4) is 0 Å². The highest BCUT2D eigenvalue weighted by Crippen LogP contribution is 2.35. The molecule has 0 spiro atoms. The number of halogens is 2. The summed E-state index contributed by atoms with van der Waals surface area (Å²) in [6.45, 7) is 0. The Bertz CT molecular complexity index is 1350. The van der Waals surface area contributed by atoms with Gasteiger partial charge in [-0.25, -0.2) is 15.0 Å². The van der Waals surface area contributed by atoms with E-state index in [1.54, 1.807) is 65.9 Å². The maximum absolute atomic E-state index is 6.22. The molecule has 0 aliphatic heterocycles. The number of pyridine rings is 2. The zero-order valence-corrected chi connectivity index (χ0v) is 17.2. The Morgan fingerprint density at radius 1 is 0.968 bits per heavy atom. The normalized spacial score (nSPS) is 10.9. The lowest BCUT2D eigenvalue weighted by Crippen LogP contribution is -1.96. The summed E-state index contributed by atoms with van der Waals surface area (Å²) in [7, 11) is 0. The van der Waals surface area contributed by atoms with E-state index < -0.39 is 0 Å². The van der Waals surface area contributed by atoms with E-state index in [0.29, 0.717) is 38.7 Å². The summed E-state index contributed by atoms with van der Waals surface area (Å²) in [5, 5.41) is 4.92. The van der Waals surface area contributed by atoms with E-state index >= 15 is 0 Å². The molecule has 0 bridgehead atoms. The zero-order chi connectivity index (χ0) is 21.2. The first-order chi connectivity index (χ1) is 15.2. The largest absolute Gasteiger partial charge is 0.437 e. The van der Waals surface area contributed by atoms with E-state index in [2.05, 4.69) is 25.1 Å². The molecule has 0 saturated heterocycles. The molecule has 0 aliphatic carbocycles. The Hall–Kier alpha value is -3.75. The summed E-state index contributed by atoms with van der Waals surface area (Å²) in [4.78, 5) is 17.3. The SMILES string of the molecule is Clc1ccc(Oc2ncccc2-c2nc(-c3cccc(-n4ccnc4)n3)no2)c(Cl)c1. The van der Waals surface area contributed by atoms with Gasteiger partial charge in [0.05, 0.1) is 5.02 Å². The van der Waals surface area contributed by atoms with Gasteiger partial charge < -0.3 is 9.26 Å². The third kappa shape index (κ3) is 3.98. The van der Waals surface area contributed by atoms with E-state index in [9.17, 15) is 0 Å². The Balaban J connectivity index is 1.48. The molecule has 31 heavy (non-hydrogen) atoms. The van der Waals surface area contributed by atoms with E-state index in [4.69, 9.17) is 32.5 Å². The molecule has 0 fully saturated rings. The van der Waals surface area contributed by atoms with Gasteiger partial charge in [0.1, 0.15) is 29.2 Å². The van der Waals surface area contributed by atoms with Gasteiger partial charge in [0, 0.05) is 23.6 Å². The summed E-state index contributed by atoms with van der Waals surface area (Å²) in [5.41, 5.74) is 1.06. The van der Waals surface area contributed by atoms with Crippen molar-refractivity contribution < 1.29 is 9.26 Å². The van der Waals surface area contributed by atoms with Crippen LogP contribution >= 0.6 is 23.2 Å². The van der Waals surface area contributed by atoms with Crippen molar-refractivity contribution in [2.45, 2.75) is 0 Å². The van der Waals surface area contributed by atoms with E-state index in [1.165, 1.54) is 0 Å². The Labute approximate surface area is 186 Å². The molecule has 0 N–H and O–H groups in total. The molecule has 0 saturated carbocycles. The highest BCUT2D eigenvalue weighted by Gasteiger charge is 2.18. The summed E-state index contributed by atoms with van der Waals surface area (Å²) < 4.78 is 13.1. The van der Waals surface area contributed by atoms with E-state index in [0.717, 1.165) is 0 Å². The summed E-state index contributed by atoms with van der Waals surface area (Å²) >= 11 is 12.2. The number of ether oxygens (including phenoxy) is 1. The van der Waals surface area contributed by atoms with Crippen molar-refractivity contribution in [1.29, 1.82) is 0 Å². The number of benzene rings is 1. The van der Waals surface area contributed by atoms with Crippen LogP contribution in [-0.2, 0) is 0 Å². The van der Waals surface area contributed by atoms with Crippen molar-refractivity contribution in [3.8, 4) is 40.4 Å². The molecule has 5 aromatic rings. The molecule has 8 nitrogen and oxygen atoms in total. The third-order valence-corrected chi connectivity index (χ3v) is 4.79. The highest BCUT2D eigenvalue weighted by atomic mass is 35.5. The van der Waals surface area contributed by atoms with Crippen molar-refractivity contribution in [2.24, 2.45) is 0 Å². The van der Waals surface area contributed by atoms with Crippen molar-refractivity contribution in [3.63, 3.8) is 0 Å². The van der Waals surface area contributed by atoms with Crippen LogP contribution in [0, 0.1) is 0 Å². The summed E-state index contributed by atoms with van der Waals surface area (Å²) in [6, 6.07) is 13.9. The number of hydrogen-bond acceptors (Lipinski definition) is 7. The van der Waals surface area contributed by atoms with Crippen LogP contribution in [-0.4, -0.2) is 29.7 Å². The molecule has 5 rings (SSSR count). The average Bonchev–Trinajstić information content (AvgIpc) is 3.49. The second-order valence-corrected chi connectivity index (χ2v) is 7.15. The number of rotatable bonds is 5. The first kappa shape index (κ1) is 19.2. The molecule has 4 heterocycles. The molecule has 0 aliphatic rings. The maximum atomic E-state index is 6.22. The monoisotopic (exact) mass is 450 g/mol. The number of imidazole rings is 1. The summed E-state index contributed by atoms with van der Waals surface area (Å²) in [6.07, 6.45) is 6.73. The lowest BCUT2D eigenvalue weighted by molar-refractivity contribution is 0.424. The smallest absolute Gasteiger partial charge is 0.263 e. The molecule has 0 radical (unpaired) electrons. The molecular weight excluding hydrogens is 439 g/mol. The van der Waals surface area contributed by atoms with Gasteiger partial charge in [-0.2, -0.15) is 4.98 Å². The van der Waals surface area contributed by atoms with Gasteiger partial charge in [0.15, 0.2) is 0 Å². The topological polar surface area (TPSA) is 91.8 Å². The highest BCUT2D eigenvalue weighted by molar-refractivity contribution is 6.35. The molecule has 0 atom stereocenters. The number of hydrogen-bond donors (Lipinski definition) is 0. The van der Waals surface area contributed by atoms with Gasteiger partial charge in [-0.05, 0) is 42.5 Å². The van der Waals surface area contributed by atoms with Gasteiger partial charge in [0.25, 0.3) is 5.89 Å². The average molecular weight is 451 g/mol. The molecule has 0 unspecified atom stereocenters. The van der Waals surface area contributed by atoms with Crippen LogP contribution < -0.4 is 4.74 Å². The van der Waals surface area contributed by atoms with Gasteiger partial charge >= 0.3 is 0 Å². The Morgan fingerprint density at radius 2 is 1.90 bits per heavy atom. The summed E-state index contributed by atoms with van der Waals surface area (Å²) in [5.74, 6) is 1.92. The third-order valence-electron chi connectivity index (χ3n) is 4.26. The van der Waals surface area contributed by atoms with Crippen LogP contribution in [0.5, 0.6) is 11.6 Å². The number of aromatic nitrogens is 6. The van der Waals surface area contributed by atoms with Crippen molar-refractivity contribution in [1.82, 2.24) is 29.7 Å². The quantitative estimate of drug-likeness (QED) is 0.350. The van der Waals surface area contributed by atoms with E-state index in [1.807, 2.05) is 12.1 Å². The van der Waals surface area contributed by atoms with Crippen LogP contribution in [0.1, 0.15) is 0 Å². The predicted molar refractivity (Wildman–Crippen MR) is 114 cm³/mol. The van der Waals surface area contributed by atoms with Gasteiger partial charge in [0.2, 0.25) is 11.7 Å². The molecular formula is C21H12Cl2N6O2. The molecule has 1 aromatic carbocycles. The molecule has 4 aromatic heterocycles. The van der Waals surface area contributed by atoms with Gasteiger partial charge in [-0.1, -0.05) is 34.4 Å². The molecule has 0 amide bonds. The fraction of sp³-hybridized carbons (Fsp3) is 0. The molecule has 152 valence electrons. The van der Waals surface area contributed by atoms with Gasteiger partial charge in [-0.15, -0.1) is 0 Å². The fourth-order valence-electron chi connectivity index (χ4n) is 2.82. The first-order valence-electron chi connectivity index (χ1n) is 9.05. The lowest BCUT2D eigenvalue weighted by Gasteiger charge is -2.09. The van der Waals surface area contributed by atoms with Crippen LogP contribution in [0.25, 0.3) is 28.8 Å². The standard InChI is InChI=1S/C21H12Cl2N6O2/c22-13-6-7-17(15(23)11-13)30-20-14(3-2-8-25-20)21-27-19(28-31-21)16-4-1-5-18(26-16)29-10-9-24-12-29/h1-12H. The lowest BCUT2D eigenvalue weighted by atomic mass is 10.2. The van der Waals surface area contributed by atoms with Crippen molar-refractivity contribution in [2.75, 3.05) is 0 Å². The predicted octanol–water partition coefficient (Wildman–Crippen LogP) is 5.48. The molecule has 10 heteroatoms. The first-order valence-corrected chi connectivity index (χ1v) is 9.81.